The fourth-order valence-corrected chi connectivity index (χ4v) is 4.64. The Kier molecular flexibility index (Phi) is 10.7. The molecule has 2 bridgehead atoms. The number of hydrogen-bond acceptors (Lipinski definition) is 9. The van der Waals surface area contributed by atoms with Crippen LogP contribution in [0.25, 0.3) is 0 Å². The Labute approximate surface area is 234 Å². The summed E-state index contributed by atoms with van der Waals surface area (Å²) < 4.78 is 16.4. The molecule has 1 aromatic carbocycles. The zero-order valence-electron chi connectivity index (χ0n) is 23.3. The molecular weight excluding hydrogens is 520 g/mol. The minimum atomic E-state index is -2.08. The number of carbonyl (C=O) groups is 4. The van der Waals surface area contributed by atoms with E-state index in [-0.39, 0.29) is 25.8 Å². The molecule has 1 aliphatic heterocycles. The summed E-state index contributed by atoms with van der Waals surface area (Å²) in [4.78, 5) is 51.3. The molecule has 1 saturated carbocycles. The van der Waals surface area contributed by atoms with Crippen LogP contribution < -0.4 is 10.6 Å². The third-order valence-corrected chi connectivity index (χ3v) is 6.62. The molecule has 11 nitrogen and oxygen atoms in total. The van der Waals surface area contributed by atoms with Gasteiger partial charge in [0.15, 0.2) is 0 Å². The average molecular weight is 561 g/mol. The van der Waals surface area contributed by atoms with Gasteiger partial charge >= 0.3 is 18.0 Å². The van der Waals surface area contributed by atoms with Gasteiger partial charge in [-0.3, -0.25) is 9.59 Å². The molecule has 2 aliphatic rings. The Balaban J connectivity index is 1.83. The van der Waals surface area contributed by atoms with E-state index in [1.807, 2.05) is 12.1 Å². The highest BCUT2D eigenvalue weighted by atomic mass is 16.6. The second-order valence-electron chi connectivity index (χ2n) is 11.2. The molecule has 0 aromatic heterocycles. The van der Waals surface area contributed by atoms with Crippen LogP contribution in [0.1, 0.15) is 64.9 Å². The Morgan fingerprint density at radius 2 is 1.88 bits per heavy atom. The summed E-state index contributed by atoms with van der Waals surface area (Å²) in [5.41, 5.74) is -2.18. The number of carbonyl (C=O) groups excluding carboxylic acids is 4. The maximum atomic E-state index is 13.4. The Morgan fingerprint density at radius 1 is 1.15 bits per heavy atom. The number of hydrogen-bond donors (Lipinski definition) is 4. The van der Waals surface area contributed by atoms with Gasteiger partial charge in [-0.25, -0.2) is 9.59 Å². The molecule has 1 aromatic rings. The Morgan fingerprint density at radius 3 is 2.58 bits per heavy atom. The summed E-state index contributed by atoms with van der Waals surface area (Å²) in [5, 5.41) is 27.5. The van der Waals surface area contributed by atoms with Crippen molar-refractivity contribution in [3.05, 3.63) is 48.0 Å². The SMILES string of the molecule is CC(C)(C)OC(=O)NC(Cc1ccccc1)C(=O)O[C@@H]1C[C@]2(O)C[C@@H](OC(=O)CCCCC=CCNC2=O)[C@@H]1O. The minimum absolute atomic E-state index is 0.0528. The quantitative estimate of drug-likeness (QED) is 0.240. The summed E-state index contributed by atoms with van der Waals surface area (Å²) in [7, 11) is 0. The summed E-state index contributed by atoms with van der Waals surface area (Å²) in [6.07, 6.45) is -0.0276. The van der Waals surface area contributed by atoms with Crippen molar-refractivity contribution in [3.63, 3.8) is 0 Å². The first-order valence-corrected chi connectivity index (χ1v) is 13.6. The maximum absolute atomic E-state index is 13.4. The zero-order chi connectivity index (χ0) is 29.3. The van der Waals surface area contributed by atoms with Gasteiger partial charge in [0, 0.05) is 32.2 Å². The number of fused-ring (bicyclic) bond motifs is 2. The number of benzene rings is 1. The van der Waals surface area contributed by atoms with E-state index in [0.29, 0.717) is 6.42 Å². The van der Waals surface area contributed by atoms with E-state index in [0.717, 1.165) is 18.4 Å². The van der Waals surface area contributed by atoms with Crippen molar-refractivity contribution >= 4 is 23.9 Å². The Hall–Kier alpha value is -3.44. The number of esters is 2. The van der Waals surface area contributed by atoms with E-state index >= 15 is 0 Å². The fraction of sp³-hybridized carbons (Fsp3) is 0.586. The first kappa shape index (κ1) is 31.1. The zero-order valence-corrected chi connectivity index (χ0v) is 23.3. The van der Waals surface area contributed by atoms with Crippen molar-refractivity contribution in [2.45, 2.75) is 101 Å². The van der Waals surface area contributed by atoms with Gasteiger partial charge in [0.2, 0.25) is 0 Å². The lowest BCUT2D eigenvalue weighted by Crippen LogP contribution is -2.61. The first-order chi connectivity index (χ1) is 18.9. The second kappa shape index (κ2) is 13.8. The number of amides is 2. The molecule has 5 atom stereocenters. The largest absolute Gasteiger partial charge is 0.459 e. The molecule has 0 spiro atoms. The molecule has 0 saturated heterocycles. The van der Waals surface area contributed by atoms with E-state index in [9.17, 15) is 29.4 Å². The van der Waals surface area contributed by atoms with Gasteiger partial charge in [-0.15, -0.1) is 0 Å². The van der Waals surface area contributed by atoms with Crippen LogP contribution >= 0.6 is 0 Å². The molecule has 11 heteroatoms. The van der Waals surface area contributed by atoms with Crippen LogP contribution in [0.3, 0.4) is 0 Å². The topological polar surface area (TPSA) is 160 Å². The number of alkyl carbamates (subject to hydrolysis) is 1. The lowest BCUT2D eigenvalue weighted by atomic mass is 9.78. The summed E-state index contributed by atoms with van der Waals surface area (Å²) >= 11 is 0. The molecular formula is C29H40N2O9. The van der Waals surface area contributed by atoms with E-state index in [1.165, 1.54) is 0 Å². The van der Waals surface area contributed by atoms with Gasteiger partial charge < -0.3 is 35.1 Å². The van der Waals surface area contributed by atoms with Gasteiger partial charge in [0.1, 0.15) is 35.6 Å². The van der Waals surface area contributed by atoms with Gasteiger partial charge in [-0.2, -0.15) is 0 Å². The van der Waals surface area contributed by atoms with Crippen LogP contribution in [0.15, 0.2) is 42.5 Å². The van der Waals surface area contributed by atoms with Gasteiger partial charge in [0.05, 0.1) is 0 Å². The second-order valence-corrected chi connectivity index (χ2v) is 11.2. The van der Waals surface area contributed by atoms with E-state index in [2.05, 4.69) is 10.6 Å². The molecule has 40 heavy (non-hydrogen) atoms. The highest BCUT2D eigenvalue weighted by Gasteiger charge is 2.52. The van der Waals surface area contributed by atoms with Gasteiger partial charge in [-0.1, -0.05) is 42.5 Å². The molecule has 1 fully saturated rings. The number of aliphatic hydroxyl groups excluding tert-OH is 1. The maximum Gasteiger partial charge on any atom is 0.408 e. The van der Waals surface area contributed by atoms with E-state index in [1.54, 1.807) is 51.1 Å². The lowest BCUT2D eigenvalue weighted by molar-refractivity contribution is -0.201. The third-order valence-electron chi connectivity index (χ3n) is 6.62. The van der Waals surface area contributed by atoms with E-state index in [4.69, 9.17) is 14.2 Å². The number of nitrogens with one attached hydrogen (secondary N) is 2. The van der Waals surface area contributed by atoms with Crippen molar-refractivity contribution in [1.82, 2.24) is 10.6 Å². The molecule has 0 radical (unpaired) electrons. The van der Waals surface area contributed by atoms with Crippen LogP contribution in [-0.2, 0) is 35.0 Å². The fourth-order valence-electron chi connectivity index (χ4n) is 4.64. The monoisotopic (exact) mass is 560 g/mol. The van der Waals surface area contributed by atoms with Crippen LogP contribution in [0.2, 0.25) is 0 Å². The van der Waals surface area contributed by atoms with Crippen molar-refractivity contribution in [3.8, 4) is 0 Å². The molecule has 1 heterocycles. The first-order valence-electron chi connectivity index (χ1n) is 13.6. The summed E-state index contributed by atoms with van der Waals surface area (Å²) in [5.74, 6) is -2.24. The van der Waals surface area contributed by atoms with Gasteiger partial charge in [0.25, 0.3) is 5.91 Å². The predicted octanol–water partition coefficient (Wildman–Crippen LogP) is 2.08. The third kappa shape index (κ3) is 9.34. The van der Waals surface area contributed by atoms with E-state index < -0.39 is 65.9 Å². The molecule has 3 rings (SSSR count). The molecule has 1 unspecified atom stereocenters. The normalized spacial score (nSPS) is 26.9. The summed E-state index contributed by atoms with van der Waals surface area (Å²) in [6.45, 7) is 5.22. The predicted molar refractivity (Wildman–Crippen MR) is 144 cm³/mol. The van der Waals surface area contributed by atoms with Crippen molar-refractivity contribution in [2.75, 3.05) is 6.54 Å². The van der Waals surface area contributed by atoms with Crippen LogP contribution in [-0.4, -0.2) is 76.3 Å². The smallest absolute Gasteiger partial charge is 0.408 e. The Bertz CT molecular complexity index is 1070. The van der Waals surface area contributed by atoms with Crippen LogP contribution in [0.4, 0.5) is 4.79 Å². The molecule has 2 amide bonds. The molecule has 220 valence electrons. The average Bonchev–Trinajstić information content (AvgIpc) is 2.87. The van der Waals surface area contributed by atoms with Crippen molar-refractivity contribution in [2.24, 2.45) is 0 Å². The number of rotatable bonds is 5. The standard InChI is InChI=1S/C29H40N2O9/c1-28(2,3)40-27(36)31-20(16-19-12-8-7-9-13-19)25(34)39-22-18-29(37)17-21(24(22)33)38-23(32)14-10-5-4-6-11-15-30-26(29)35/h6-9,11-13,20-22,24,33,37H,4-5,10,14-18H2,1-3H3,(H,30,35)(H,31,36)/t20?,21-,22-,24+,29-/m1/s1. The van der Waals surface area contributed by atoms with Crippen LogP contribution in [0, 0.1) is 0 Å². The summed E-state index contributed by atoms with van der Waals surface area (Å²) in [6, 6.07) is 7.70. The van der Waals surface area contributed by atoms with Crippen molar-refractivity contribution < 1.29 is 43.6 Å². The van der Waals surface area contributed by atoms with Crippen molar-refractivity contribution in [1.29, 1.82) is 0 Å². The molecule has 4 N–H and O–H groups in total. The number of ether oxygens (including phenoxy) is 3. The number of aliphatic hydroxyl groups is 2. The van der Waals surface area contributed by atoms with Gasteiger partial charge in [-0.05, 0) is 45.6 Å². The molecule has 1 aliphatic carbocycles. The highest BCUT2D eigenvalue weighted by molar-refractivity contribution is 5.86. The highest BCUT2D eigenvalue weighted by Crippen LogP contribution is 2.34. The lowest BCUT2D eigenvalue weighted by Gasteiger charge is -2.42. The van der Waals surface area contributed by atoms with Crippen LogP contribution in [0.5, 0.6) is 0 Å². The number of allylic oxidation sites excluding steroid dienone is 1. The minimum Gasteiger partial charge on any atom is -0.459 e.